The maximum absolute atomic E-state index is 6.31. The molecule has 234 valence electrons. The first-order chi connectivity index (χ1) is 24.8. The SMILES string of the molecule is c1ccc(-c2cc3ccccc3o2)c(-c2ccc(N(c3ccc4c(ccc5ccccc54)c3)c3ccc4c(ccc5ccccc54)c3)cc2)c1. The van der Waals surface area contributed by atoms with Crippen molar-refractivity contribution in [2.75, 3.05) is 4.90 Å². The maximum atomic E-state index is 6.31. The third-order valence-electron chi connectivity index (χ3n) is 10.0. The summed E-state index contributed by atoms with van der Waals surface area (Å²) in [4.78, 5) is 2.37. The smallest absolute Gasteiger partial charge is 0.136 e. The predicted molar refractivity (Wildman–Crippen MR) is 212 cm³/mol. The summed E-state index contributed by atoms with van der Waals surface area (Å²) in [7, 11) is 0. The number of fused-ring (bicyclic) bond motifs is 7. The molecule has 0 aliphatic carbocycles. The molecule has 9 aromatic carbocycles. The van der Waals surface area contributed by atoms with E-state index >= 15 is 0 Å². The third-order valence-corrected chi connectivity index (χ3v) is 10.0. The van der Waals surface area contributed by atoms with Gasteiger partial charge in [-0.3, -0.25) is 0 Å². The minimum atomic E-state index is 0.875. The zero-order valence-corrected chi connectivity index (χ0v) is 27.3. The molecule has 0 radical (unpaired) electrons. The van der Waals surface area contributed by atoms with E-state index in [4.69, 9.17) is 4.42 Å². The van der Waals surface area contributed by atoms with Gasteiger partial charge in [0.05, 0.1) is 0 Å². The van der Waals surface area contributed by atoms with Crippen LogP contribution in [0.3, 0.4) is 0 Å². The van der Waals surface area contributed by atoms with E-state index in [1.807, 2.05) is 18.2 Å². The zero-order valence-electron chi connectivity index (χ0n) is 27.3. The zero-order chi connectivity index (χ0) is 33.0. The predicted octanol–water partition coefficient (Wildman–Crippen LogP) is 13.8. The van der Waals surface area contributed by atoms with Crippen LogP contribution in [0, 0.1) is 0 Å². The lowest BCUT2D eigenvalue weighted by atomic mass is 9.97. The molecular weight excluding hydrogens is 607 g/mol. The van der Waals surface area contributed by atoms with Gasteiger partial charge >= 0.3 is 0 Å². The van der Waals surface area contributed by atoms with Crippen LogP contribution in [0.1, 0.15) is 0 Å². The third kappa shape index (κ3) is 4.73. The lowest BCUT2D eigenvalue weighted by molar-refractivity contribution is 0.632. The van der Waals surface area contributed by atoms with E-state index in [9.17, 15) is 0 Å². The molecule has 0 unspecified atom stereocenters. The van der Waals surface area contributed by atoms with Gasteiger partial charge < -0.3 is 9.32 Å². The fourth-order valence-corrected chi connectivity index (χ4v) is 7.58. The Bertz CT molecular complexity index is 2730. The maximum Gasteiger partial charge on any atom is 0.136 e. The van der Waals surface area contributed by atoms with Crippen molar-refractivity contribution in [2.45, 2.75) is 0 Å². The van der Waals surface area contributed by atoms with Crippen molar-refractivity contribution in [3.05, 3.63) is 188 Å². The summed E-state index contributed by atoms with van der Waals surface area (Å²) in [5.41, 5.74) is 7.58. The largest absolute Gasteiger partial charge is 0.456 e. The number of nitrogens with zero attached hydrogens (tertiary/aromatic N) is 1. The second-order valence-corrected chi connectivity index (χ2v) is 13.0. The van der Waals surface area contributed by atoms with E-state index in [1.54, 1.807) is 0 Å². The quantitative estimate of drug-likeness (QED) is 0.175. The lowest BCUT2D eigenvalue weighted by Crippen LogP contribution is -2.10. The minimum Gasteiger partial charge on any atom is -0.456 e. The Balaban J connectivity index is 1.11. The van der Waals surface area contributed by atoms with Crippen LogP contribution in [0.15, 0.2) is 192 Å². The molecule has 10 aromatic rings. The van der Waals surface area contributed by atoms with Gasteiger partial charge in [-0.2, -0.15) is 0 Å². The van der Waals surface area contributed by atoms with Gasteiger partial charge in [0.15, 0.2) is 0 Å². The van der Waals surface area contributed by atoms with Crippen molar-refractivity contribution in [3.8, 4) is 22.5 Å². The van der Waals surface area contributed by atoms with Crippen molar-refractivity contribution < 1.29 is 4.42 Å². The number of benzene rings is 9. The normalized spacial score (nSPS) is 11.6. The molecule has 0 spiro atoms. The van der Waals surface area contributed by atoms with Gasteiger partial charge in [0.25, 0.3) is 0 Å². The van der Waals surface area contributed by atoms with Gasteiger partial charge in [-0.25, -0.2) is 0 Å². The van der Waals surface area contributed by atoms with Crippen molar-refractivity contribution in [1.82, 2.24) is 0 Å². The molecule has 0 saturated carbocycles. The standard InChI is InChI=1S/C48H31NO/c1-4-12-41-32(9-1)17-19-35-29-39(25-27-44(35)41)49(40-26-28-45-36(30-40)20-18-33-10-2-5-13-42(33)45)38-23-21-34(22-24-38)43-14-6-7-15-46(43)48-31-37-11-3-8-16-47(37)50-48/h1-31H. The number of para-hydroxylation sites is 1. The highest BCUT2D eigenvalue weighted by atomic mass is 16.3. The number of anilines is 3. The van der Waals surface area contributed by atoms with Crippen LogP contribution in [0.5, 0.6) is 0 Å². The summed E-state index contributed by atoms with van der Waals surface area (Å²) < 4.78 is 6.31. The van der Waals surface area contributed by atoms with E-state index < -0.39 is 0 Å². The first-order valence-corrected chi connectivity index (χ1v) is 17.1. The van der Waals surface area contributed by atoms with Crippen LogP contribution in [0.4, 0.5) is 17.1 Å². The monoisotopic (exact) mass is 637 g/mol. The Kier molecular flexibility index (Phi) is 6.53. The molecule has 0 fully saturated rings. The van der Waals surface area contributed by atoms with Gasteiger partial charge in [-0.1, -0.05) is 140 Å². The Morgan fingerprint density at radius 3 is 1.42 bits per heavy atom. The van der Waals surface area contributed by atoms with Crippen molar-refractivity contribution >= 4 is 71.1 Å². The number of furan rings is 1. The lowest BCUT2D eigenvalue weighted by Gasteiger charge is -2.27. The molecule has 0 amide bonds. The van der Waals surface area contributed by atoms with E-state index in [2.05, 4.69) is 175 Å². The van der Waals surface area contributed by atoms with Crippen LogP contribution in [-0.4, -0.2) is 0 Å². The summed E-state index contributed by atoms with van der Waals surface area (Å²) in [5.74, 6) is 0.875. The Morgan fingerprint density at radius 2 is 0.800 bits per heavy atom. The van der Waals surface area contributed by atoms with Crippen LogP contribution < -0.4 is 4.90 Å². The molecule has 0 bridgehead atoms. The van der Waals surface area contributed by atoms with Crippen LogP contribution >= 0.6 is 0 Å². The summed E-state index contributed by atoms with van der Waals surface area (Å²) in [6, 6.07) is 67.6. The summed E-state index contributed by atoms with van der Waals surface area (Å²) in [5, 5.41) is 11.1. The van der Waals surface area contributed by atoms with Gasteiger partial charge in [-0.15, -0.1) is 0 Å². The number of hydrogen-bond donors (Lipinski definition) is 0. The van der Waals surface area contributed by atoms with E-state index in [-0.39, 0.29) is 0 Å². The van der Waals surface area contributed by atoms with Gasteiger partial charge in [0, 0.05) is 28.0 Å². The van der Waals surface area contributed by atoms with Crippen LogP contribution in [0.25, 0.3) is 76.5 Å². The molecular formula is C48H31NO. The van der Waals surface area contributed by atoms with Crippen molar-refractivity contribution in [3.63, 3.8) is 0 Å². The second kappa shape index (κ2) is 11.5. The van der Waals surface area contributed by atoms with Crippen molar-refractivity contribution in [1.29, 1.82) is 0 Å². The van der Waals surface area contributed by atoms with Gasteiger partial charge in [0.2, 0.25) is 0 Å². The highest BCUT2D eigenvalue weighted by Gasteiger charge is 2.17. The molecule has 0 aliphatic heterocycles. The molecule has 0 atom stereocenters. The van der Waals surface area contributed by atoms with Gasteiger partial charge in [-0.05, 0) is 103 Å². The number of rotatable bonds is 5. The van der Waals surface area contributed by atoms with Crippen molar-refractivity contribution in [2.24, 2.45) is 0 Å². The molecule has 50 heavy (non-hydrogen) atoms. The van der Waals surface area contributed by atoms with E-state index in [1.165, 1.54) is 43.1 Å². The molecule has 0 saturated heterocycles. The fraction of sp³-hybridized carbons (Fsp3) is 0. The molecule has 1 aromatic heterocycles. The Hall–Kier alpha value is -6.64. The molecule has 0 N–H and O–H groups in total. The topological polar surface area (TPSA) is 16.4 Å². The van der Waals surface area contributed by atoms with E-state index in [0.717, 1.165) is 50.5 Å². The summed E-state index contributed by atoms with van der Waals surface area (Å²) in [6.45, 7) is 0. The Labute approximate surface area is 290 Å². The molecule has 2 heteroatoms. The molecule has 2 nitrogen and oxygen atoms in total. The highest BCUT2D eigenvalue weighted by molar-refractivity contribution is 6.10. The summed E-state index contributed by atoms with van der Waals surface area (Å²) >= 11 is 0. The fourth-order valence-electron chi connectivity index (χ4n) is 7.58. The first-order valence-electron chi connectivity index (χ1n) is 17.1. The van der Waals surface area contributed by atoms with E-state index in [0.29, 0.717) is 0 Å². The molecule has 1 heterocycles. The first kappa shape index (κ1) is 28.4. The second-order valence-electron chi connectivity index (χ2n) is 13.0. The average Bonchev–Trinajstić information content (AvgIpc) is 3.62. The van der Waals surface area contributed by atoms with Crippen LogP contribution in [-0.2, 0) is 0 Å². The highest BCUT2D eigenvalue weighted by Crippen LogP contribution is 2.41. The molecule has 10 rings (SSSR count). The Morgan fingerprint density at radius 1 is 0.320 bits per heavy atom. The average molecular weight is 638 g/mol. The van der Waals surface area contributed by atoms with Crippen LogP contribution in [0.2, 0.25) is 0 Å². The summed E-state index contributed by atoms with van der Waals surface area (Å²) in [6.07, 6.45) is 0. The minimum absolute atomic E-state index is 0.875. The number of hydrogen-bond acceptors (Lipinski definition) is 2. The molecule has 0 aliphatic rings. The van der Waals surface area contributed by atoms with Gasteiger partial charge in [0.1, 0.15) is 11.3 Å².